The van der Waals surface area contributed by atoms with Gasteiger partial charge < -0.3 is 0 Å². The van der Waals surface area contributed by atoms with Crippen LogP contribution in [0.3, 0.4) is 0 Å². The first-order chi connectivity index (χ1) is 7.60. The molecule has 2 fully saturated rings. The van der Waals surface area contributed by atoms with Crippen LogP contribution in [-0.2, 0) is 10.0 Å². The molecule has 0 unspecified atom stereocenters. The molecule has 0 aromatic rings. The second kappa shape index (κ2) is 5.23. The number of piperidine rings is 1. The molecule has 2 rings (SSSR count). The van der Waals surface area contributed by atoms with Crippen LogP contribution in [-0.4, -0.2) is 36.4 Å². The van der Waals surface area contributed by atoms with Crippen LogP contribution in [0.5, 0.6) is 0 Å². The lowest BCUT2D eigenvalue weighted by atomic mass is 10.0. The average molecular weight is 266 g/mol. The van der Waals surface area contributed by atoms with E-state index in [0.717, 1.165) is 38.5 Å². The van der Waals surface area contributed by atoms with Gasteiger partial charge in [-0.1, -0.05) is 19.3 Å². The summed E-state index contributed by atoms with van der Waals surface area (Å²) in [5.41, 5.74) is 0. The maximum absolute atomic E-state index is 12.3. The first kappa shape index (κ1) is 12.7. The van der Waals surface area contributed by atoms with Crippen molar-refractivity contribution in [3.8, 4) is 0 Å². The van der Waals surface area contributed by atoms with Crippen molar-refractivity contribution < 1.29 is 8.42 Å². The molecule has 1 saturated heterocycles. The molecule has 0 aromatic carbocycles. The van der Waals surface area contributed by atoms with Gasteiger partial charge in [-0.2, -0.15) is 0 Å². The number of hydrogen-bond donors (Lipinski definition) is 0. The van der Waals surface area contributed by atoms with Crippen molar-refractivity contribution in [2.75, 3.05) is 13.1 Å². The smallest absolute Gasteiger partial charge is 0.212 e. The van der Waals surface area contributed by atoms with Crippen molar-refractivity contribution in [2.24, 2.45) is 0 Å². The molecule has 0 amide bonds. The predicted octanol–water partition coefficient (Wildman–Crippen LogP) is 2.35. The Morgan fingerprint density at radius 2 is 1.50 bits per heavy atom. The molecule has 0 atom stereocenters. The van der Waals surface area contributed by atoms with E-state index in [0.29, 0.717) is 13.1 Å². The van der Waals surface area contributed by atoms with Crippen LogP contribution < -0.4 is 0 Å². The molecule has 2 aliphatic rings. The van der Waals surface area contributed by atoms with Gasteiger partial charge >= 0.3 is 0 Å². The zero-order valence-corrected chi connectivity index (χ0v) is 11.1. The molecule has 0 N–H and O–H groups in total. The number of hydrogen-bond acceptors (Lipinski definition) is 2. The van der Waals surface area contributed by atoms with Gasteiger partial charge in [-0.25, -0.2) is 12.7 Å². The third kappa shape index (κ3) is 2.71. The number of nitrogens with zero attached hydrogens (tertiary/aromatic N) is 1. The van der Waals surface area contributed by atoms with E-state index < -0.39 is 10.0 Å². The van der Waals surface area contributed by atoms with Gasteiger partial charge in [0.25, 0.3) is 0 Å². The standard InChI is InChI=1S/C11H20ClNO2S/c12-10-6-8-13(9-7-10)16(14,15)11-4-2-1-3-5-11/h10-11H,1-9H2. The summed E-state index contributed by atoms with van der Waals surface area (Å²) in [6.45, 7) is 1.24. The van der Waals surface area contributed by atoms with Crippen LogP contribution in [0.1, 0.15) is 44.9 Å². The van der Waals surface area contributed by atoms with Crippen LogP contribution >= 0.6 is 11.6 Å². The minimum Gasteiger partial charge on any atom is -0.212 e. The zero-order valence-electron chi connectivity index (χ0n) is 9.57. The Bertz CT molecular complexity index is 317. The van der Waals surface area contributed by atoms with Gasteiger partial charge in [-0.05, 0) is 25.7 Å². The summed E-state index contributed by atoms with van der Waals surface area (Å²) in [4.78, 5) is 0. The summed E-state index contributed by atoms with van der Waals surface area (Å²) in [7, 11) is -3.03. The Labute approximate surface area is 103 Å². The molecule has 0 spiro atoms. The second-order valence-corrected chi connectivity index (χ2v) is 7.71. The molecule has 1 saturated carbocycles. The van der Waals surface area contributed by atoms with Gasteiger partial charge in [-0.15, -0.1) is 11.6 Å². The van der Waals surface area contributed by atoms with E-state index in [1.807, 2.05) is 0 Å². The van der Waals surface area contributed by atoms with Gasteiger partial charge in [0.2, 0.25) is 10.0 Å². The molecule has 0 radical (unpaired) electrons. The molecule has 1 aliphatic heterocycles. The second-order valence-electron chi connectivity index (χ2n) is 4.88. The molecule has 1 aliphatic carbocycles. The topological polar surface area (TPSA) is 37.4 Å². The van der Waals surface area contributed by atoms with E-state index in [4.69, 9.17) is 11.6 Å². The van der Waals surface area contributed by atoms with Crippen molar-refractivity contribution >= 4 is 21.6 Å². The van der Waals surface area contributed by atoms with Crippen molar-refractivity contribution in [1.29, 1.82) is 0 Å². The quantitative estimate of drug-likeness (QED) is 0.719. The van der Waals surface area contributed by atoms with Gasteiger partial charge in [0, 0.05) is 18.5 Å². The fourth-order valence-electron chi connectivity index (χ4n) is 2.65. The summed E-state index contributed by atoms with van der Waals surface area (Å²) in [5.74, 6) is 0. The maximum Gasteiger partial charge on any atom is 0.216 e. The molecular formula is C11H20ClNO2S. The van der Waals surface area contributed by atoms with Crippen molar-refractivity contribution in [3.05, 3.63) is 0 Å². The van der Waals surface area contributed by atoms with Gasteiger partial charge in [0.05, 0.1) is 5.25 Å². The molecule has 16 heavy (non-hydrogen) atoms. The van der Waals surface area contributed by atoms with E-state index >= 15 is 0 Å². The van der Waals surface area contributed by atoms with Crippen LogP contribution in [0.4, 0.5) is 0 Å². The SMILES string of the molecule is O=S(=O)(C1CCCCC1)N1CCC(Cl)CC1. The third-order valence-electron chi connectivity index (χ3n) is 3.72. The highest BCUT2D eigenvalue weighted by molar-refractivity contribution is 7.89. The number of alkyl halides is 1. The van der Waals surface area contributed by atoms with E-state index in [1.165, 1.54) is 6.42 Å². The Morgan fingerprint density at radius 3 is 2.06 bits per heavy atom. The summed E-state index contributed by atoms with van der Waals surface area (Å²) >= 11 is 6.00. The summed E-state index contributed by atoms with van der Waals surface area (Å²) in [5, 5.41) is 0.0472. The lowest BCUT2D eigenvalue weighted by Crippen LogP contribution is -2.44. The Morgan fingerprint density at radius 1 is 0.938 bits per heavy atom. The summed E-state index contributed by atoms with van der Waals surface area (Å²) in [6, 6.07) is 0. The molecule has 5 heteroatoms. The Kier molecular flexibility index (Phi) is 4.14. The zero-order chi connectivity index (χ0) is 11.6. The largest absolute Gasteiger partial charge is 0.216 e. The summed E-state index contributed by atoms with van der Waals surface area (Å²) in [6.07, 6.45) is 6.62. The Hall–Kier alpha value is 0.200. The first-order valence-corrected chi connectivity index (χ1v) is 8.17. The molecule has 3 nitrogen and oxygen atoms in total. The fraction of sp³-hybridized carbons (Fsp3) is 1.00. The normalized spacial score (nSPS) is 27.1. The molecule has 1 heterocycles. The van der Waals surface area contributed by atoms with E-state index in [1.54, 1.807) is 4.31 Å². The Balaban J connectivity index is 2.00. The number of rotatable bonds is 2. The molecule has 0 aromatic heterocycles. The maximum atomic E-state index is 12.3. The van der Waals surface area contributed by atoms with E-state index in [-0.39, 0.29) is 10.6 Å². The third-order valence-corrected chi connectivity index (χ3v) is 6.55. The lowest BCUT2D eigenvalue weighted by Gasteiger charge is -2.33. The van der Waals surface area contributed by atoms with Crippen molar-refractivity contribution in [2.45, 2.75) is 55.6 Å². The van der Waals surface area contributed by atoms with Crippen LogP contribution in [0.25, 0.3) is 0 Å². The monoisotopic (exact) mass is 265 g/mol. The highest BCUT2D eigenvalue weighted by Crippen LogP contribution is 2.28. The minimum atomic E-state index is -3.03. The van der Waals surface area contributed by atoms with Gasteiger partial charge in [0.1, 0.15) is 0 Å². The highest BCUT2D eigenvalue weighted by atomic mass is 35.5. The average Bonchev–Trinajstić information content (AvgIpc) is 2.31. The van der Waals surface area contributed by atoms with Gasteiger partial charge in [0.15, 0.2) is 0 Å². The molecule has 94 valence electrons. The van der Waals surface area contributed by atoms with E-state index in [9.17, 15) is 8.42 Å². The first-order valence-electron chi connectivity index (χ1n) is 6.24. The van der Waals surface area contributed by atoms with Crippen molar-refractivity contribution in [3.63, 3.8) is 0 Å². The lowest BCUT2D eigenvalue weighted by molar-refractivity contribution is 0.338. The number of sulfonamides is 1. The van der Waals surface area contributed by atoms with E-state index in [2.05, 4.69) is 0 Å². The minimum absolute atomic E-state index is 0.117. The predicted molar refractivity (Wildman–Crippen MR) is 66.2 cm³/mol. The fourth-order valence-corrected chi connectivity index (χ4v) is 4.92. The number of halogens is 1. The van der Waals surface area contributed by atoms with Crippen LogP contribution in [0, 0.1) is 0 Å². The summed E-state index contributed by atoms with van der Waals surface area (Å²) < 4.78 is 26.3. The van der Waals surface area contributed by atoms with Crippen molar-refractivity contribution in [1.82, 2.24) is 4.31 Å². The molecule has 0 bridgehead atoms. The highest BCUT2D eigenvalue weighted by Gasteiger charge is 2.34. The van der Waals surface area contributed by atoms with Crippen LogP contribution in [0.15, 0.2) is 0 Å². The van der Waals surface area contributed by atoms with Gasteiger partial charge in [-0.3, -0.25) is 0 Å². The van der Waals surface area contributed by atoms with Crippen LogP contribution in [0.2, 0.25) is 0 Å². The molecular weight excluding hydrogens is 246 g/mol.